The molecule has 0 aromatic rings. The van der Waals surface area contributed by atoms with E-state index < -0.39 is 19.0 Å². The molecule has 0 aliphatic carbocycles. The Labute approximate surface area is 131 Å². The third kappa shape index (κ3) is 12.3. The summed E-state index contributed by atoms with van der Waals surface area (Å²) in [6.07, 6.45) is 5.40. The number of phosphoric acid groups is 1. The van der Waals surface area contributed by atoms with Crippen molar-refractivity contribution in [1.29, 1.82) is 0 Å². The van der Waals surface area contributed by atoms with E-state index in [-0.39, 0.29) is 6.10 Å². The average molecular weight is 322 g/mol. The second-order valence-electron chi connectivity index (χ2n) is 7.62. The maximum atomic E-state index is 12.9. The van der Waals surface area contributed by atoms with Crippen LogP contribution in [0.15, 0.2) is 0 Å². The van der Waals surface area contributed by atoms with E-state index in [1.54, 1.807) is 0 Å². The monoisotopic (exact) mass is 322 g/mol. The number of hydrogen-bond acceptors (Lipinski definition) is 4. The molecule has 0 radical (unpaired) electrons. The van der Waals surface area contributed by atoms with Crippen LogP contribution in [0, 0.1) is 0 Å². The van der Waals surface area contributed by atoms with Gasteiger partial charge in [0.2, 0.25) is 0 Å². The van der Waals surface area contributed by atoms with Crippen LogP contribution >= 0.6 is 7.82 Å². The molecule has 128 valence electrons. The predicted octanol–water partition coefficient (Wildman–Crippen LogP) is 6.10. The van der Waals surface area contributed by atoms with Crippen molar-refractivity contribution < 1.29 is 18.1 Å². The first kappa shape index (κ1) is 21.1. The highest BCUT2D eigenvalue weighted by atomic mass is 31.2. The molecule has 0 saturated heterocycles. The van der Waals surface area contributed by atoms with E-state index >= 15 is 0 Å². The predicted molar refractivity (Wildman–Crippen MR) is 88.6 cm³/mol. The Morgan fingerprint density at radius 2 is 1.38 bits per heavy atom. The topological polar surface area (TPSA) is 44.8 Å². The molecule has 0 saturated carbocycles. The standard InChI is InChI=1S/C16H35O4P/c1-9-10-11-12-13-14(2)18-21(17,19-15(3,4)5)20-16(6,7)8/h14H,9-13H2,1-8H3. The van der Waals surface area contributed by atoms with Gasteiger partial charge in [0.15, 0.2) is 0 Å². The molecule has 0 aromatic carbocycles. The fourth-order valence-electron chi connectivity index (χ4n) is 1.86. The van der Waals surface area contributed by atoms with Crippen LogP contribution in [0.4, 0.5) is 0 Å². The quantitative estimate of drug-likeness (QED) is 0.380. The van der Waals surface area contributed by atoms with E-state index in [0.29, 0.717) is 0 Å². The van der Waals surface area contributed by atoms with Gasteiger partial charge in [0.25, 0.3) is 0 Å². The summed E-state index contributed by atoms with van der Waals surface area (Å²) in [6, 6.07) is 0. The van der Waals surface area contributed by atoms with Gasteiger partial charge in [-0.25, -0.2) is 4.57 Å². The summed E-state index contributed by atoms with van der Waals surface area (Å²) in [5, 5.41) is 0. The van der Waals surface area contributed by atoms with E-state index in [1.165, 1.54) is 19.3 Å². The van der Waals surface area contributed by atoms with Crippen LogP contribution < -0.4 is 0 Å². The second kappa shape index (κ2) is 8.67. The van der Waals surface area contributed by atoms with Crippen molar-refractivity contribution in [1.82, 2.24) is 0 Å². The molecule has 5 heteroatoms. The molecule has 4 nitrogen and oxygen atoms in total. The summed E-state index contributed by atoms with van der Waals surface area (Å²) < 4.78 is 29.8. The van der Waals surface area contributed by atoms with E-state index in [2.05, 4.69) is 6.92 Å². The number of hydrogen-bond donors (Lipinski definition) is 0. The molecule has 0 spiro atoms. The second-order valence-corrected chi connectivity index (χ2v) is 9.09. The van der Waals surface area contributed by atoms with Crippen LogP contribution in [0.2, 0.25) is 0 Å². The Balaban J connectivity index is 4.63. The van der Waals surface area contributed by atoms with Crippen molar-refractivity contribution in [3.8, 4) is 0 Å². The van der Waals surface area contributed by atoms with Gasteiger partial charge in [-0.3, -0.25) is 13.6 Å². The van der Waals surface area contributed by atoms with Crippen LogP contribution in [-0.2, 0) is 18.1 Å². The number of unbranched alkanes of at least 4 members (excludes halogenated alkanes) is 3. The van der Waals surface area contributed by atoms with Gasteiger partial charge in [0.1, 0.15) is 0 Å². The summed E-state index contributed by atoms with van der Waals surface area (Å²) in [5.41, 5.74) is -1.16. The molecule has 0 heterocycles. The zero-order valence-corrected chi connectivity index (χ0v) is 16.1. The third-order valence-corrected chi connectivity index (χ3v) is 4.71. The zero-order chi connectivity index (χ0) is 16.7. The Morgan fingerprint density at radius 1 is 0.905 bits per heavy atom. The van der Waals surface area contributed by atoms with Crippen molar-refractivity contribution >= 4 is 7.82 Å². The Morgan fingerprint density at radius 3 is 1.76 bits per heavy atom. The van der Waals surface area contributed by atoms with Gasteiger partial charge >= 0.3 is 7.82 Å². The van der Waals surface area contributed by atoms with E-state index in [1.807, 2.05) is 48.5 Å². The summed E-state index contributed by atoms with van der Waals surface area (Å²) >= 11 is 0. The molecule has 1 unspecified atom stereocenters. The summed E-state index contributed by atoms with van der Waals surface area (Å²) in [6.45, 7) is 15.2. The Hall–Kier alpha value is 0.110. The Bertz CT molecular complexity index is 308. The van der Waals surface area contributed by atoms with Gasteiger partial charge in [-0.15, -0.1) is 0 Å². The van der Waals surface area contributed by atoms with Gasteiger partial charge in [-0.2, -0.15) is 0 Å². The van der Waals surface area contributed by atoms with E-state index in [9.17, 15) is 4.57 Å². The highest BCUT2D eigenvalue weighted by molar-refractivity contribution is 7.48. The lowest BCUT2D eigenvalue weighted by molar-refractivity contribution is -0.00951. The first-order valence-electron chi connectivity index (χ1n) is 8.07. The summed E-state index contributed by atoms with van der Waals surface area (Å²) in [7, 11) is -3.57. The van der Waals surface area contributed by atoms with Gasteiger partial charge in [-0.1, -0.05) is 32.6 Å². The van der Waals surface area contributed by atoms with Crippen molar-refractivity contribution in [3.63, 3.8) is 0 Å². The van der Waals surface area contributed by atoms with Crippen molar-refractivity contribution in [3.05, 3.63) is 0 Å². The smallest absolute Gasteiger partial charge is 0.284 e. The summed E-state index contributed by atoms with van der Waals surface area (Å²) in [4.78, 5) is 0. The van der Waals surface area contributed by atoms with E-state index in [0.717, 1.165) is 12.8 Å². The molecule has 0 fully saturated rings. The van der Waals surface area contributed by atoms with Gasteiger partial charge < -0.3 is 0 Å². The fourth-order valence-corrected chi connectivity index (χ4v) is 3.88. The lowest BCUT2D eigenvalue weighted by Gasteiger charge is -2.32. The van der Waals surface area contributed by atoms with Gasteiger partial charge in [-0.05, 0) is 54.9 Å². The normalized spacial score (nSPS) is 15.2. The lowest BCUT2D eigenvalue weighted by Crippen LogP contribution is -2.26. The van der Waals surface area contributed by atoms with E-state index in [4.69, 9.17) is 13.6 Å². The first-order valence-corrected chi connectivity index (χ1v) is 9.53. The minimum absolute atomic E-state index is 0.141. The minimum Gasteiger partial charge on any atom is -0.284 e. The minimum atomic E-state index is -3.57. The Kier molecular flexibility index (Phi) is 8.71. The molecule has 0 rings (SSSR count). The van der Waals surface area contributed by atoms with Crippen LogP contribution in [0.25, 0.3) is 0 Å². The average Bonchev–Trinajstić information content (AvgIpc) is 2.17. The molecular weight excluding hydrogens is 287 g/mol. The van der Waals surface area contributed by atoms with Crippen molar-refractivity contribution in [2.45, 2.75) is 105 Å². The molecule has 21 heavy (non-hydrogen) atoms. The maximum absolute atomic E-state index is 12.9. The molecule has 0 aliphatic heterocycles. The first-order chi connectivity index (χ1) is 9.37. The molecular formula is C16H35O4P. The van der Waals surface area contributed by atoms with Crippen LogP contribution in [0.1, 0.15) is 87.5 Å². The lowest BCUT2D eigenvalue weighted by atomic mass is 10.1. The highest BCUT2D eigenvalue weighted by Crippen LogP contribution is 2.56. The molecule has 1 atom stereocenters. The number of rotatable bonds is 9. The fraction of sp³-hybridized carbons (Fsp3) is 1.00. The van der Waals surface area contributed by atoms with Crippen molar-refractivity contribution in [2.24, 2.45) is 0 Å². The van der Waals surface area contributed by atoms with Crippen LogP contribution in [0.5, 0.6) is 0 Å². The van der Waals surface area contributed by atoms with Crippen molar-refractivity contribution in [2.75, 3.05) is 0 Å². The molecule has 0 bridgehead atoms. The third-order valence-electron chi connectivity index (χ3n) is 2.54. The molecule has 0 amide bonds. The van der Waals surface area contributed by atoms with Gasteiger partial charge in [0, 0.05) is 0 Å². The summed E-state index contributed by atoms with van der Waals surface area (Å²) in [5.74, 6) is 0. The highest BCUT2D eigenvalue weighted by Gasteiger charge is 2.38. The zero-order valence-electron chi connectivity index (χ0n) is 15.2. The molecule has 0 aromatic heterocycles. The SMILES string of the molecule is CCCCCCC(C)OP(=O)(OC(C)(C)C)OC(C)(C)C. The van der Waals surface area contributed by atoms with Crippen LogP contribution in [0.3, 0.4) is 0 Å². The number of phosphoric ester groups is 1. The van der Waals surface area contributed by atoms with Crippen LogP contribution in [-0.4, -0.2) is 17.3 Å². The molecule has 0 N–H and O–H groups in total. The maximum Gasteiger partial charge on any atom is 0.476 e. The molecule has 0 aliphatic rings. The largest absolute Gasteiger partial charge is 0.476 e. The van der Waals surface area contributed by atoms with Gasteiger partial charge in [0.05, 0.1) is 17.3 Å².